The van der Waals surface area contributed by atoms with Crippen LogP contribution in [0.2, 0.25) is 0 Å². The van der Waals surface area contributed by atoms with E-state index in [4.69, 9.17) is 0 Å². The monoisotopic (exact) mass is 303 g/mol. The number of thiophene rings is 1. The Morgan fingerprint density at radius 2 is 1.95 bits per heavy atom. The minimum atomic E-state index is -0.487. The third kappa shape index (κ3) is 4.41. The molecule has 0 radical (unpaired) electrons. The van der Waals surface area contributed by atoms with Gasteiger partial charge in [-0.05, 0) is 31.0 Å². The third-order valence-electron chi connectivity index (χ3n) is 3.36. The molecule has 0 aliphatic rings. The van der Waals surface area contributed by atoms with Gasteiger partial charge in [-0.25, -0.2) is 0 Å². The first-order valence-electron chi connectivity index (χ1n) is 7.18. The Hall–Kier alpha value is -1.65. The second-order valence-electron chi connectivity index (χ2n) is 5.14. The van der Waals surface area contributed by atoms with Crippen LogP contribution < -0.4 is 0 Å². The lowest BCUT2D eigenvalue weighted by molar-refractivity contribution is 0.0603. The largest absolute Gasteiger partial charge is 0.391 e. The number of carbonyl (C=O) groups excluding carboxylic acids is 1. The van der Waals surface area contributed by atoms with Crippen LogP contribution in [0.4, 0.5) is 0 Å². The predicted molar refractivity (Wildman–Crippen MR) is 86.5 cm³/mol. The van der Waals surface area contributed by atoms with Crippen molar-refractivity contribution in [2.45, 2.75) is 32.9 Å². The maximum absolute atomic E-state index is 12.6. The fraction of sp³-hybridized carbons (Fsp3) is 0.353. The summed E-state index contributed by atoms with van der Waals surface area (Å²) in [5.41, 5.74) is 1.07. The Morgan fingerprint density at radius 1 is 1.24 bits per heavy atom. The number of nitrogens with zero attached hydrogens (tertiary/aromatic N) is 1. The molecule has 2 aromatic rings. The summed E-state index contributed by atoms with van der Waals surface area (Å²) in [5, 5.41) is 9.92. The fourth-order valence-electron chi connectivity index (χ4n) is 2.11. The number of carbonyl (C=O) groups is 1. The van der Waals surface area contributed by atoms with Gasteiger partial charge < -0.3 is 10.0 Å². The van der Waals surface area contributed by atoms with Gasteiger partial charge in [-0.2, -0.15) is 0 Å². The molecule has 1 N–H and O–H groups in total. The van der Waals surface area contributed by atoms with Gasteiger partial charge in [0, 0.05) is 18.0 Å². The van der Waals surface area contributed by atoms with Gasteiger partial charge >= 0.3 is 0 Å². The smallest absolute Gasteiger partial charge is 0.264 e. The molecule has 1 aromatic heterocycles. The lowest BCUT2D eigenvalue weighted by Gasteiger charge is -2.24. The molecule has 0 fully saturated rings. The highest BCUT2D eigenvalue weighted by Gasteiger charge is 2.20. The minimum Gasteiger partial charge on any atom is -0.391 e. The second kappa shape index (κ2) is 7.38. The van der Waals surface area contributed by atoms with Gasteiger partial charge in [0.25, 0.3) is 5.91 Å². The van der Waals surface area contributed by atoms with E-state index in [-0.39, 0.29) is 5.91 Å². The van der Waals surface area contributed by atoms with Crippen molar-refractivity contribution in [1.82, 2.24) is 4.90 Å². The Bertz CT molecular complexity index is 579. The van der Waals surface area contributed by atoms with Crippen molar-refractivity contribution in [2.75, 3.05) is 6.54 Å². The summed E-state index contributed by atoms with van der Waals surface area (Å²) in [6.07, 6.45) is 0.154. The van der Waals surface area contributed by atoms with Gasteiger partial charge in [0.15, 0.2) is 0 Å². The van der Waals surface area contributed by atoms with Crippen molar-refractivity contribution < 1.29 is 9.90 Å². The Balaban J connectivity index is 2.17. The molecule has 1 heterocycles. The summed E-state index contributed by atoms with van der Waals surface area (Å²) in [5.74, 6) is -0.00977. The van der Waals surface area contributed by atoms with Crippen molar-refractivity contribution in [3.63, 3.8) is 0 Å². The van der Waals surface area contributed by atoms with Crippen LogP contribution >= 0.6 is 11.3 Å². The number of aliphatic hydroxyl groups excluding tert-OH is 1. The van der Waals surface area contributed by atoms with E-state index >= 15 is 0 Å². The van der Waals surface area contributed by atoms with E-state index < -0.39 is 6.10 Å². The van der Waals surface area contributed by atoms with Crippen molar-refractivity contribution in [3.05, 3.63) is 57.8 Å². The van der Waals surface area contributed by atoms with Crippen LogP contribution in [-0.2, 0) is 6.54 Å². The number of aliphatic hydroxyl groups is 1. The lowest BCUT2D eigenvalue weighted by atomic mass is 10.2. The number of hydrogen-bond donors (Lipinski definition) is 1. The van der Waals surface area contributed by atoms with Crippen molar-refractivity contribution in [3.8, 4) is 0 Å². The summed E-state index contributed by atoms with van der Waals surface area (Å²) in [7, 11) is 0. The lowest BCUT2D eigenvalue weighted by Crippen LogP contribution is -2.36. The van der Waals surface area contributed by atoms with Gasteiger partial charge in [0.1, 0.15) is 0 Å². The van der Waals surface area contributed by atoms with E-state index in [0.717, 1.165) is 15.3 Å². The first-order chi connectivity index (χ1) is 10.1. The summed E-state index contributed by atoms with van der Waals surface area (Å²) >= 11 is 1.50. The third-order valence-corrected chi connectivity index (χ3v) is 4.35. The van der Waals surface area contributed by atoms with E-state index in [0.29, 0.717) is 19.5 Å². The van der Waals surface area contributed by atoms with E-state index in [1.807, 2.05) is 56.3 Å². The van der Waals surface area contributed by atoms with E-state index in [1.54, 1.807) is 4.90 Å². The van der Waals surface area contributed by atoms with Crippen LogP contribution in [-0.4, -0.2) is 28.6 Å². The van der Waals surface area contributed by atoms with E-state index in [1.165, 1.54) is 11.3 Å². The predicted octanol–water partition coefficient (Wildman–Crippen LogP) is 3.47. The first-order valence-corrected chi connectivity index (χ1v) is 7.99. The van der Waals surface area contributed by atoms with Gasteiger partial charge in [0.2, 0.25) is 0 Å². The molecule has 21 heavy (non-hydrogen) atoms. The van der Waals surface area contributed by atoms with Gasteiger partial charge in [-0.3, -0.25) is 4.79 Å². The molecule has 1 amide bonds. The highest BCUT2D eigenvalue weighted by Crippen LogP contribution is 2.19. The van der Waals surface area contributed by atoms with Gasteiger partial charge in [-0.1, -0.05) is 37.3 Å². The zero-order valence-electron chi connectivity index (χ0n) is 12.5. The standard InChI is InChI=1S/C17H21NO2S/c1-3-15(19)12-18(11-14-7-5-4-6-8-14)17(20)16-10-9-13(2)21-16/h4-10,15,19H,3,11-12H2,1-2H3. The summed E-state index contributed by atoms with van der Waals surface area (Å²) in [6, 6.07) is 13.7. The minimum absolute atomic E-state index is 0.00977. The zero-order valence-corrected chi connectivity index (χ0v) is 13.3. The topological polar surface area (TPSA) is 40.5 Å². The first kappa shape index (κ1) is 15.7. The van der Waals surface area contributed by atoms with Crippen LogP contribution in [0.15, 0.2) is 42.5 Å². The van der Waals surface area contributed by atoms with Crippen LogP contribution in [0.5, 0.6) is 0 Å². The van der Waals surface area contributed by atoms with Crippen molar-refractivity contribution >= 4 is 17.2 Å². The van der Waals surface area contributed by atoms with Crippen LogP contribution in [0.3, 0.4) is 0 Å². The summed E-state index contributed by atoms with van der Waals surface area (Å²) in [4.78, 5) is 16.2. The number of amides is 1. The molecule has 1 unspecified atom stereocenters. The normalized spacial score (nSPS) is 12.1. The van der Waals surface area contributed by atoms with E-state index in [2.05, 4.69) is 0 Å². The molecule has 4 heteroatoms. The number of hydrogen-bond acceptors (Lipinski definition) is 3. The number of aryl methyl sites for hydroxylation is 1. The Labute approximate surface area is 129 Å². The molecule has 0 spiro atoms. The molecule has 0 aliphatic carbocycles. The fourth-order valence-corrected chi connectivity index (χ4v) is 2.95. The van der Waals surface area contributed by atoms with Gasteiger partial charge in [-0.15, -0.1) is 11.3 Å². The highest BCUT2D eigenvalue weighted by molar-refractivity contribution is 7.13. The van der Waals surface area contributed by atoms with E-state index in [9.17, 15) is 9.90 Å². The maximum atomic E-state index is 12.6. The Kier molecular flexibility index (Phi) is 5.53. The average Bonchev–Trinajstić information content (AvgIpc) is 2.93. The van der Waals surface area contributed by atoms with Crippen LogP contribution in [0.1, 0.15) is 33.5 Å². The molecule has 2 rings (SSSR count). The quantitative estimate of drug-likeness (QED) is 0.887. The number of rotatable bonds is 6. The van der Waals surface area contributed by atoms with Crippen LogP contribution in [0.25, 0.3) is 0 Å². The zero-order chi connectivity index (χ0) is 15.2. The average molecular weight is 303 g/mol. The molecule has 1 aromatic carbocycles. The van der Waals surface area contributed by atoms with Gasteiger partial charge in [0.05, 0.1) is 11.0 Å². The SMILES string of the molecule is CCC(O)CN(Cc1ccccc1)C(=O)c1ccc(C)s1. The molecule has 0 saturated heterocycles. The molecular weight excluding hydrogens is 282 g/mol. The Morgan fingerprint density at radius 3 is 2.52 bits per heavy atom. The van der Waals surface area contributed by atoms with Crippen LogP contribution in [0, 0.1) is 6.92 Å². The molecular formula is C17H21NO2S. The summed E-state index contributed by atoms with van der Waals surface area (Å²) < 4.78 is 0. The molecule has 1 atom stereocenters. The molecule has 0 saturated carbocycles. The summed E-state index contributed by atoms with van der Waals surface area (Å²) in [6.45, 7) is 4.80. The number of benzene rings is 1. The highest BCUT2D eigenvalue weighted by atomic mass is 32.1. The van der Waals surface area contributed by atoms with Crippen molar-refractivity contribution in [1.29, 1.82) is 0 Å². The molecule has 112 valence electrons. The molecule has 0 aliphatic heterocycles. The maximum Gasteiger partial charge on any atom is 0.264 e. The van der Waals surface area contributed by atoms with Crippen molar-refractivity contribution in [2.24, 2.45) is 0 Å². The molecule has 3 nitrogen and oxygen atoms in total. The molecule has 0 bridgehead atoms. The second-order valence-corrected chi connectivity index (χ2v) is 6.43.